The molecule has 0 aliphatic rings. The molecule has 0 aliphatic heterocycles. The fourth-order valence-electron chi connectivity index (χ4n) is 0.970. The predicted molar refractivity (Wildman–Crippen MR) is 59.3 cm³/mol. The number of hydrogen-bond acceptors (Lipinski definition) is 0. The first-order valence-electron chi connectivity index (χ1n) is 3.76. The van der Waals surface area contributed by atoms with Gasteiger partial charge in [-0.1, -0.05) is 28.1 Å². The molecule has 0 fully saturated rings. The van der Waals surface area contributed by atoms with Crippen LogP contribution in [0.2, 0.25) is 0 Å². The molecule has 0 bridgehead atoms. The summed E-state index contributed by atoms with van der Waals surface area (Å²) in [4.78, 5) is 0. The second-order valence-corrected chi connectivity index (χ2v) is 3.43. The lowest BCUT2D eigenvalue weighted by Crippen LogP contribution is -2.04. The van der Waals surface area contributed by atoms with Gasteiger partial charge in [0.1, 0.15) is 0 Å². The van der Waals surface area contributed by atoms with E-state index in [1.807, 2.05) is 0 Å². The van der Waals surface area contributed by atoms with Gasteiger partial charge in [0.05, 0.1) is 5.56 Å². The van der Waals surface area contributed by atoms with Crippen LogP contribution >= 0.6 is 32.9 Å². The molecule has 0 N–H and O–H groups in total. The molecule has 1 aromatic carbocycles. The Kier molecular flexibility index (Phi) is 5.74. The lowest BCUT2D eigenvalue weighted by Gasteiger charge is -2.06. The van der Waals surface area contributed by atoms with Gasteiger partial charge in [-0.3, -0.25) is 0 Å². The number of rotatable bonds is 2. The summed E-state index contributed by atoms with van der Waals surface area (Å²) in [7, 11) is 0. The Hall–Kier alpha value is -0.0300. The quantitative estimate of drug-likeness (QED) is 0.711. The minimum Gasteiger partial charge on any atom is -0.166 e. The maximum atomic E-state index is 12.1. The molecule has 80 valence electrons. The number of aryl methyl sites for hydroxylation is 1. The van der Waals surface area contributed by atoms with E-state index in [9.17, 15) is 13.2 Å². The van der Waals surface area contributed by atoms with Gasteiger partial charge < -0.3 is 0 Å². The smallest absolute Gasteiger partial charge is 0.166 e. The molecular weight excluding hydrogens is 325 g/mol. The van der Waals surface area contributed by atoms with Crippen molar-refractivity contribution >= 4 is 32.9 Å². The topological polar surface area (TPSA) is 0 Å². The van der Waals surface area contributed by atoms with Crippen molar-refractivity contribution in [3.8, 4) is 0 Å². The average molecular weight is 334 g/mol. The highest BCUT2D eigenvalue weighted by Crippen LogP contribution is 2.29. The monoisotopic (exact) mass is 332 g/mol. The molecule has 14 heavy (non-hydrogen) atoms. The summed E-state index contributed by atoms with van der Waals surface area (Å²) in [6.07, 6.45) is -3.48. The van der Waals surface area contributed by atoms with Gasteiger partial charge in [-0.25, -0.2) is 0 Å². The fraction of sp³-hybridized carbons (Fsp3) is 0.333. The van der Waals surface area contributed by atoms with Crippen LogP contribution in [0.5, 0.6) is 0 Å². The maximum absolute atomic E-state index is 12.1. The van der Waals surface area contributed by atoms with Crippen LogP contribution in [0.1, 0.15) is 11.1 Å². The van der Waals surface area contributed by atoms with Crippen LogP contribution in [0.3, 0.4) is 0 Å². The van der Waals surface area contributed by atoms with Crippen LogP contribution in [0.4, 0.5) is 13.2 Å². The zero-order chi connectivity index (χ0) is 9.90. The van der Waals surface area contributed by atoms with Crippen molar-refractivity contribution in [1.29, 1.82) is 0 Å². The number of hydrogen-bond donors (Lipinski definition) is 0. The maximum Gasteiger partial charge on any atom is 0.416 e. The molecule has 0 spiro atoms. The van der Waals surface area contributed by atoms with Gasteiger partial charge in [0, 0.05) is 5.33 Å². The first kappa shape index (κ1) is 14.0. The summed E-state index contributed by atoms with van der Waals surface area (Å²) in [6, 6.07) is 5.23. The van der Waals surface area contributed by atoms with E-state index in [0.717, 1.165) is 29.4 Å². The minimum absolute atomic E-state index is 0. The number of alkyl halides is 4. The molecule has 0 saturated carbocycles. The summed E-state index contributed by atoms with van der Waals surface area (Å²) in [5.41, 5.74) is 0.315. The lowest BCUT2D eigenvalue weighted by atomic mass is 10.1. The molecule has 0 saturated heterocycles. The van der Waals surface area contributed by atoms with Crippen LogP contribution in [0.25, 0.3) is 0 Å². The SMILES string of the molecule is Br.FC(F)(F)c1ccc(CCBr)cc1. The Balaban J connectivity index is 0.00000169. The van der Waals surface area contributed by atoms with Crippen LogP contribution in [-0.2, 0) is 12.6 Å². The molecule has 0 amide bonds. The molecule has 0 aromatic heterocycles. The van der Waals surface area contributed by atoms with Gasteiger partial charge in [0.15, 0.2) is 0 Å². The predicted octanol–water partition coefficient (Wildman–Crippen LogP) is 4.22. The third-order valence-corrected chi connectivity index (χ3v) is 2.06. The average Bonchev–Trinajstić information content (AvgIpc) is 2.04. The molecule has 0 radical (unpaired) electrons. The van der Waals surface area contributed by atoms with Gasteiger partial charge in [-0.2, -0.15) is 13.2 Å². The highest BCUT2D eigenvalue weighted by Gasteiger charge is 2.29. The van der Waals surface area contributed by atoms with Gasteiger partial charge in [-0.15, -0.1) is 17.0 Å². The van der Waals surface area contributed by atoms with E-state index in [-0.39, 0.29) is 17.0 Å². The molecule has 0 unspecified atom stereocenters. The number of halogens is 5. The van der Waals surface area contributed by atoms with E-state index in [2.05, 4.69) is 15.9 Å². The summed E-state index contributed by atoms with van der Waals surface area (Å²) in [5.74, 6) is 0. The van der Waals surface area contributed by atoms with Crippen LogP contribution in [0, 0.1) is 0 Å². The van der Waals surface area contributed by atoms with Crippen molar-refractivity contribution in [2.24, 2.45) is 0 Å². The Morgan fingerprint density at radius 3 is 1.93 bits per heavy atom. The van der Waals surface area contributed by atoms with Crippen molar-refractivity contribution in [2.45, 2.75) is 12.6 Å². The van der Waals surface area contributed by atoms with E-state index in [1.165, 1.54) is 12.1 Å². The fourth-order valence-corrected chi connectivity index (χ4v) is 1.43. The Morgan fingerprint density at radius 2 is 1.57 bits per heavy atom. The van der Waals surface area contributed by atoms with E-state index in [4.69, 9.17) is 0 Å². The summed E-state index contributed by atoms with van der Waals surface area (Å²) >= 11 is 3.22. The highest BCUT2D eigenvalue weighted by atomic mass is 79.9. The summed E-state index contributed by atoms with van der Waals surface area (Å²) < 4.78 is 36.3. The Labute approximate surface area is 99.4 Å². The summed E-state index contributed by atoms with van der Waals surface area (Å²) in [6.45, 7) is 0. The normalized spacial score (nSPS) is 10.9. The zero-order valence-electron chi connectivity index (χ0n) is 7.14. The first-order chi connectivity index (χ1) is 6.04. The van der Waals surface area contributed by atoms with E-state index in [1.54, 1.807) is 0 Å². The Morgan fingerprint density at radius 1 is 1.07 bits per heavy atom. The third-order valence-electron chi connectivity index (χ3n) is 1.66. The molecule has 1 aromatic rings. The van der Waals surface area contributed by atoms with Crippen molar-refractivity contribution in [2.75, 3.05) is 5.33 Å². The van der Waals surface area contributed by atoms with E-state index >= 15 is 0 Å². The van der Waals surface area contributed by atoms with Crippen molar-refractivity contribution < 1.29 is 13.2 Å². The Bertz CT molecular complexity index is 266. The highest BCUT2D eigenvalue weighted by molar-refractivity contribution is 9.09. The standard InChI is InChI=1S/C9H8BrF3.BrH/c10-6-5-7-1-3-8(4-2-7)9(11,12)13;/h1-4H,5-6H2;1H. The second-order valence-electron chi connectivity index (χ2n) is 2.63. The van der Waals surface area contributed by atoms with Gasteiger partial charge in [0.2, 0.25) is 0 Å². The molecule has 5 heteroatoms. The minimum atomic E-state index is -4.23. The molecule has 0 nitrogen and oxygen atoms in total. The van der Waals surface area contributed by atoms with Crippen molar-refractivity contribution in [3.63, 3.8) is 0 Å². The zero-order valence-corrected chi connectivity index (χ0v) is 10.4. The van der Waals surface area contributed by atoms with Crippen molar-refractivity contribution in [1.82, 2.24) is 0 Å². The molecule has 0 atom stereocenters. The molecular formula is C9H9Br2F3. The first-order valence-corrected chi connectivity index (χ1v) is 4.88. The second kappa shape index (κ2) is 5.75. The van der Waals surface area contributed by atoms with Gasteiger partial charge in [-0.05, 0) is 24.1 Å². The van der Waals surface area contributed by atoms with Crippen LogP contribution in [-0.4, -0.2) is 5.33 Å². The molecule has 0 heterocycles. The third kappa shape index (κ3) is 4.00. The van der Waals surface area contributed by atoms with Crippen LogP contribution < -0.4 is 0 Å². The van der Waals surface area contributed by atoms with E-state index in [0.29, 0.717) is 0 Å². The van der Waals surface area contributed by atoms with Gasteiger partial charge >= 0.3 is 6.18 Å². The molecule has 0 aliphatic carbocycles. The molecule has 1 rings (SSSR count). The summed E-state index contributed by atoms with van der Waals surface area (Å²) in [5, 5.41) is 0.762. The van der Waals surface area contributed by atoms with Crippen molar-refractivity contribution in [3.05, 3.63) is 35.4 Å². The van der Waals surface area contributed by atoms with E-state index < -0.39 is 11.7 Å². The largest absolute Gasteiger partial charge is 0.416 e. The number of benzene rings is 1. The lowest BCUT2D eigenvalue weighted by molar-refractivity contribution is -0.137. The van der Waals surface area contributed by atoms with Gasteiger partial charge in [0.25, 0.3) is 0 Å². The van der Waals surface area contributed by atoms with Crippen LogP contribution in [0.15, 0.2) is 24.3 Å².